The molecule has 2 aliphatic rings. The van der Waals surface area contributed by atoms with E-state index in [4.69, 9.17) is 21.3 Å². The summed E-state index contributed by atoms with van der Waals surface area (Å²) in [6.45, 7) is 2.78. The zero-order valence-electron chi connectivity index (χ0n) is 18.0. The Kier molecular flexibility index (Phi) is 5.75. The monoisotopic (exact) mass is 498 g/mol. The van der Waals surface area contributed by atoms with Crippen LogP contribution in [0.4, 0.5) is 0 Å². The van der Waals surface area contributed by atoms with Crippen molar-refractivity contribution in [1.29, 1.82) is 0 Å². The molecule has 170 valence electrons. The van der Waals surface area contributed by atoms with Crippen molar-refractivity contribution in [2.75, 3.05) is 6.61 Å². The molecule has 5 nitrogen and oxygen atoms in total. The van der Waals surface area contributed by atoms with Crippen LogP contribution in [0.25, 0.3) is 0 Å². The molecule has 0 radical (unpaired) electrons. The highest BCUT2D eigenvalue weighted by atomic mass is 35.5. The number of carbonyl (C=O) groups is 2. The van der Waals surface area contributed by atoms with Crippen LogP contribution >= 0.6 is 35.8 Å². The third kappa shape index (κ3) is 3.96. The number of thiophene rings is 1. The predicted octanol–water partition coefficient (Wildman–Crippen LogP) is 5.65. The first kappa shape index (κ1) is 22.4. The van der Waals surface area contributed by atoms with Gasteiger partial charge in [-0.3, -0.25) is 13.9 Å². The molecular formula is C25H23ClN2O3S2. The van der Waals surface area contributed by atoms with Crippen LogP contribution in [-0.2, 0) is 15.1 Å². The van der Waals surface area contributed by atoms with Gasteiger partial charge in [-0.2, -0.15) is 11.3 Å². The minimum Gasteiger partial charge on any atom is -0.477 e. The minimum atomic E-state index is -1.14. The van der Waals surface area contributed by atoms with E-state index in [1.54, 1.807) is 30.3 Å². The van der Waals surface area contributed by atoms with Gasteiger partial charge in [0.25, 0.3) is 0 Å². The number of ketones is 1. The van der Waals surface area contributed by atoms with Gasteiger partial charge in [-0.1, -0.05) is 55.6 Å². The van der Waals surface area contributed by atoms with E-state index >= 15 is 0 Å². The van der Waals surface area contributed by atoms with Crippen molar-refractivity contribution in [3.05, 3.63) is 81.1 Å². The fraction of sp³-hybridized carbons (Fsp3) is 0.320. The molecule has 3 heterocycles. The van der Waals surface area contributed by atoms with Gasteiger partial charge in [-0.05, 0) is 52.9 Å². The highest BCUT2D eigenvalue weighted by Gasteiger charge is 2.54. The second-order valence-corrected chi connectivity index (χ2v) is 10.7. The first-order valence-corrected chi connectivity index (χ1v) is 12.5. The molecule has 1 aliphatic carbocycles. The highest BCUT2D eigenvalue weighted by molar-refractivity contribution is 7.78. The van der Waals surface area contributed by atoms with Crippen LogP contribution in [0, 0.1) is 5.41 Å². The number of nitrogens with zero attached hydrogens (tertiary/aromatic N) is 2. The lowest BCUT2D eigenvalue weighted by molar-refractivity contribution is -0.142. The molecule has 8 heteroatoms. The summed E-state index contributed by atoms with van der Waals surface area (Å²) in [6, 6.07) is 14.3. The Hall–Kier alpha value is -2.35. The summed E-state index contributed by atoms with van der Waals surface area (Å²) in [7, 11) is 0. The number of hydrogen-bond acceptors (Lipinski definition) is 6. The lowest BCUT2D eigenvalue weighted by atomic mass is 9.75. The lowest BCUT2D eigenvalue weighted by Crippen LogP contribution is -2.54. The maximum atomic E-state index is 13.6. The van der Waals surface area contributed by atoms with Crippen LogP contribution in [-0.4, -0.2) is 27.6 Å². The Balaban J connectivity index is 1.56. The smallest absolute Gasteiger partial charge is 0.248 e. The molecule has 1 saturated carbocycles. The van der Waals surface area contributed by atoms with Gasteiger partial charge in [0.05, 0.1) is 12.3 Å². The normalized spacial score (nSPS) is 24.1. The molecule has 5 rings (SSSR count). The maximum Gasteiger partial charge on any atom is 0.248 e. The van der Waals surface area contributed by atoms with E-state index in [0.717, 1.165) is 18.4 Å². The number of rotatable bonds is 6. The van der Waals surface area contributed by atoms with E-state index in [-0.39, 0.29) is 17.6 Å². The van der Waals surface area contributed by atoms with Gasteiger partial charge >= 0.3 is 0 Å². The predicted molar refractivity (Wildman–Crippen MR) is 132 cm³/mol. The number of halogens is 1. The quantitative estimate of drug-likeness (QED) is 0.352. The minimum absolute atomic E-state index is 0.0308. The second kappa shape index (κ2) is 8.46. The van der Waals surface area contributed by atoms with Crippen molar-refractivity contribution in [3.63, 3.8) is 0 Å². The van der Waals surface area contributed by atoms with E-state index < -0.39 is 17.4 Å². The number of carbonyl (C=O) groups excluding carboxylic acids is 2. The van der Waals surface area contributed by atoms with Crippen molar-refractivity contribution in [2.45, 2.75) is 37.6 Å². The van der Waals surface area contributed by atoms with Crippen LogP contribution in [0.15, 0.2) is 59.3 Å². The van der Waals surface area contributed by atoms with Gasteiger partial charge in [0.15, 0.2) is 5.78 Å². The van der Waals surface area contributed by atoms with E-state index in [1.165, 1.54) is 15.6 Å². The first-order valence-electron chi connectivity index (χ1n) is 10.8. The molecule has 0 N–H and O–H groups in total. The van der Waals surface area contributed by atoms with Gasteiger partial charge in [-0.15, -0.1) is 0 Å². The SMILES string of the molecule is CC1(COc2cccc(C3(c4ccsc4)CC(=O)C(c4ccccc4Cl)C(=O)N3S)n2)CC1. The lowest BCUT2D eigenvalue weighted by Gasteiger charge is -2.45. The third-order valence-corrected chi connectivity index (χ3v) is 8.17. The molecule has 2 atom stereocenters. The van der Waals surface area contributed by atoms with E-state index in [2.05, 4.69) is 19.7 Å². The third-order valence-electron chi connectivity index (χ3n) is 6.60. The molecular weight excluding hydrogens is 476 g/mol. The summed E-state index contributed by atoms with van der Waals surface area (Å²) >= 11 is 12.5. The van der Waals surface area contributed by atoms with Crippen LogP contribution in [0.2, 0.25) is 5.02 Å². The van der Waals surface area contributed by atoms with E-state index in [1.807, 2.05) is 29.0 Å². The number of thiol groups is 1. The van der Waals surface area contributed by atoms with Crippen molar-refractivity contribution in [1.82, 2.24) is 9.29 Å². The maximum absolute atomic E-state index is 13.6. The van der Waals surface area contributed by atoms with E-state index in [9.17, 15) is 9.59 Å². The largest absolute Gasteiger partial charge is 0.477 e. The van der Waals surface area contributed by atoms with Crippen LogP contribution in [0.5, 0.6) is 5.88 Å². The second-order valence-electron chi connectivity index (χ2n) is 9.08. The topological polar surface area (TPSA) is 59.5 Å². The van der Waals surface area contributed by atoms with Crippen LogP contribution in [0.3, 0.4) is 0 Å². The number of piperidine rings is 1. The molecule has 2 fully saturated rings. The Labute approximate surface area is 207 Å². The van der Waals surface area contributed by atoms with Gasteiger partial charge < -0.3 is 4.74 Å². The number of amides is 1. The molecule has 2 unspecified atom stereocenters. The summed E-state index contributed by atoms with van der Waals surface area (Å²) in [5, 5.41) is 4.23. The number of ether oxygens (including phenoxy) is 1. The molecule has 1 saturated heterocycles. The fourth-order valence-electron chi connectivity index (χ4n) is 4.30. The molecule has 2 aromatic heterocycles. The number of pyridine rings is 1. The Morgan fingerprint density at radius 3 is 2.67 bits per heavy atom. The van der Waals surface area contributed by atoms with Gasteiger partial charge in [0, 0.05) is 22.9 Å². The van der Waals surface area contributed by atoms with Gasteiger partial charge in [0.1, 0.15) is 11.5 Å². The molecule has 1 aliphatic heterocycles. The standard InChI is InChI=1S/C25H23ClN2O3S2/c1-24(10-11-24)15-31-21-8-4-7-20(27-21)25(16-9-12-33-14-16)13-19(29)22(23(30)28(25)32)17-5-2-3-6-18(17)26/h2-9,12,14,22,32H,10-11,13,15H2,1H3. The van der Waals surface area contributed by atoms with Crippen molar-refractivity contribution in [3.8, 4) is 5.88 Å². The fourth-order valence-corrected chi connectivity index (χ4v) is 5.67. The Morgan fingerprint density at radius 1 is 1.18 bits per heavy atom. The van der Waals surface area contributed by atoms with Crippen LogP contribution < -0.4 is 4.74 Å². The molecule has 1 amide bonds. The summed E-state index contributed by atoms with van der Waals surface area (Å²) < 4.78 is 7.34. The van der Waals surface area contributed by atoms with Crippen LogP contribution in [0.1, 0.15) is 48.9 Å². The molecule has 3 aromatic rings. The van der Waals surface area contributed by atoms with Crippen molar-refractivity contribution in [2.24, 2.45) is 5.41 Å². The number of benzene rings is 1. The Morgan fingerprint density at radius 2 is 1.97 bits per heavy atom. The highest BCUT2D eigenvalue weighted by Crippen LogP contribution is 2.48. The van der Waals surface area contributed by atoms with E-state index in [0.29, 0.717) is 28.8 Å². The number of hydrogen-bond donors (Lipinski definition) is 1. The summed E-state index contributed by atoms with van der Waals surface area (Å²) in [6.07, 6.45) is 2.31. The first-order chi connectivity index (χ1) is 15.8. The van der Waals surface area contributed by atoms with Gasteiger partial charge in [0.2, 0.25) is 11.8 Å². The molecule has 0 spiro atoms. The zero-order valence-corrected chi connectivity index (χ0v) is 20.5. The average Bonchev–Trinajstić information content (AvgIpc) is 3.30. The molecule has 0 bridgehead atoms. The molecule has 1 aromatic carbocycles. The summed E-state index contributed by atoms with van der Waals surface area (Å²) in [5.74, 6) is -1.17. The average molecular weight is 499 g/mol. The zero-order chi connectivity index (χ0) is 23.2. The van der Waals surface area contributed by atoms with Crippen molar-refractivity contribution >= 4 is 47.4 Å². The number of aromatic nitrogens is 1. The number of Topliss-reactive ketones (excluding diaryl/α,β-unsaturated/α-hetero) is 1. The van der Waals surface area contributed by atoms with Crippen molar-refractivity contribution < 1.29 is 14.3 Å². The molecule has 33 heavy (non-hydrogen) atoms. The summed E-state index contributed by atoms with van der Waals surface area (Å²) in [5.41, 5.74) is 0.902. The van der Waals surface area contributed by atoms with Gasteiger partial charge in [-0.25, -0.2) is 4.98 Å². The Bertz CT molecular complexity index is 1210. The summed E-state index contributed by atoms with van der Waals surface area (Å²) in [4.78, 5) is 31.9.